The number of fused-ring (bicyclic) bond motifs is 1. The van der Waals surface area contributed by atoms with Crippen LogP contribution in [0.5, 0.6) is 0 Å². The molecule has 3 nitrogen and oxygen atoms in total. The molecule has 0 amide bonds. The Morgan fingerprint density at radius 2 is 1.68 bits per heavy atom. The molecule has 0 atom stereocenters. The largest absolute Gasteiger partial charge is 0.358 e. The summed E-state index contributed by atoms with van der Waals surface area (Å²) in [6.07, 6.45) is 2.91. The van der Waals surface area contributed by atoms with Gasteiger partial charge in [-0.1, -0.05) is 0 Å². The molecule has 4 rings (SSSR count). The van der Waals surface area contributed by atoms with Gasteiger partial charge in [0.05, 0.1) is 11.2 Å². The van der Waals surface area contributed by atoms with E-state index in [1.54, 1.807) is 0 Å². The lowest BCUT2D eigenvalue weighted by Gasteiger charge is -2.04. The van der Waals surface area contributed by atoms with Crippen molar-refractivity contribution in [3.05, 3.63) is 72.1 Å². The van der Waals surface area contributed by atoms with Crippen LogP contribution in [0.4, 0.5) is 17.6 Å². The fraction of sp³-hybridized carbons (Fsp3) is 0. The summed E-state index contributed by atoms with van der Waals surface area (Å²) in [4.78, 5) is 11.1. The van der Waals surface area contributed by atoms with Crippen LogP contribution in [0.2, 0.25) is 0 Å². The average molecular weight is 343 g/mol. The van der Waals surface area contributed by atoms with Gasteiger partial charge in [-0.3, -0.25) is 0 Å². The summed E-state index contributed by atoms with van der Waals surface area (Å²) in [5.41, 5.74) is 1.26. The van der Waals surface area contributed by atoms with E-state index in [9.17, 15) is 17.6 Å². The van der Waals surface area contributed by atoms with Crippen molar-refractivity contribution in [2.24, 2.45) is 0 Å². The highest BCUT2D eigenvalue weighted by Crippen LogP contribution is 2.30. The molecule has 0 radical (unpaired) electrons. The summed E-state index contributed by atoms with van der Waals surface area (Å²) in [5, 5.41) is 0.292. The molecule has 1 N–H and O–H groups in total. The first-order chi connectivity index (χ1) is 12.0. The summed E-state index contributed by atoms with van der Waals surface area (Å²) >= 11 is 0. The number of hydrogen-bond donors (Lipinski definition) is 1. The molecule has 2 heterocycles. The molecule has 2 aromatic heterocycles. The first kappa shape index (κ1) is 15.3. The number of aromatic amines is 1. The van der Waals surface area contributed by atoms with Crippen molar-refractivity contribution in [3.8, 4) is 22.6 Å². The van der Waals surface area contributed by atoms with Crippen molar-refractivity contribution in [1.82, 2.24) is 15.0 Å². The van der Waals surface area contributed by atoms with Crippen molar-refractivity contribution in [3.63, 3.8) is 0 Å². The Kier molecular flexibility index (Phi) is 3.49. The quantitative estimate of drug-likeness (QED) is 0.529. The highest BCUT2D eigenvalue weighted by Gasteiger charge is 2.14. The second-order valence-corrected chi connectivity index (χ2v) is 5.41. The Labute approximate surface area is 139 Å². The summed E-state index contributed by atoms with van der Waals surface area (Å²) < 4.78 is 53.9. The van der Waals surface area contributed by atoms with Gasteiger partial charge in [-0.25, -0.2) is 27.5 Å². The van der Waals surface area contributed by atoms with E-state index in [1.165, 1.54) is 30.6 Å². The van der Waals surface area contributed by atoms with Crippen molar-refractivity contribution in [1.29, 1.82) is 0 Å². The molecule has 4 aromatic rings. The first-order valence-electron chi connectivity index (χ1n) is 7.28. The predicted molar refractivity (Wildman–Crippen MR) is 84.6 cm³/mol. The lowest BCUT2D eigenvalue weighted by molar-refractivity contribution is 0.509. The molecule has 0 spiro atoms. The van der Waals surface area contributed by atoms with Crippen LogP contribution in [0.1, 0.15) is 0 Å². The maximum Gasteiger partial charge on any atom is 0.161 e. The van der Waals surface area contributed by atoms with Crippen LogP contribution in [-0.4, -0.2) is 15.0 Å². The maximum atomic E-state index is 13.8. The van der Waals surface area contributed by atoms with Crippen molar-refractivity contribution in [2.75, 3.05) is 0 Å². The van der Waals surface area contributed by atoms with Gasteiger partial charge in [-0.15, -0.1) is 0 Å². The van der Waals surface area contributed by atoms with Gasteiger partial charge in [0.15, 0.2) is 17.5 Å². The highest BCUT2D eigenvalue weighted by atomic mass is 19.2. The van der Waals surface area contributed by atoms with Gasteiger partial charge in [0, 0.05) is 35.0 Å². The number of nitrogens with one attached hydrogen (secondary N) is 1. The molecular formula is C18H9F4N3. The van der Waals surface area contributed by atoms with Gasteiger partial charge in [0.2, 0.25) is 0 Å². The van der Waals surface area contributed by atoms with E-state index >= 15 is 0 Å². The molecule has 0 aliphatic carbocycles. The van der Waals surface area contributed by atoms with Gasteiger partial charge in [0.1, 0.15) is 11.6 Å². The fourth-order valence-electron chi connectivity index (χ4n) is 2.64. The molecule has 7 heteroatoms. The number of hydrogen-bond acceptors (Lipinski definition) is 2. The van der Waals surface area contributed by atoms with Crippen LogP contribution in [0.25, 0.3) is 33.5 Å². The van der Waals surface area contributed by atoms with Crippen molar-refractivity contribution >= 4 is 10.9 Å². The van der Waals surface area contributed by atoms with Gasteiger partial charge >= 0.3 is 0 Å². The number of halogens is 4. The third-order valence-corrected chi connectivity index (χ3v) is 3.82. The predicted octanol–water partition coefficient (Wildman–Crippen LogP) is 4.85. The minimum atomic E-state index is -0.992. The topological polar surface area (TPSA) is 41.6 Å². The van der Waals surface area contributed by atoms with Crippen LogP contribution in [0.15, 0.2) is 48.8 Å². The molecule has 0 fully saturated rings. The van der Waals surface area contributed by atoms with Gasteiger partial charge in [-0.05, 0) is 30.3 Å². The smallest absolute Gasteiger partial charge is 0.161 e. The second kappa shape index (κ2) is 5.70. The molecule has 0 saturated carbocycles. The third-order valence-electron chi connectivity index (χ3n) is 3.82. The summed E-state index contributed by atoms with van der Waals surface area (Å²) in [6, 6.07) is 6.91. The van der Waals surface area contributed by atoms with Crippen molar-refractivity contribution in [2.45, 2.75) is 0 Å². The number of aromatic nitrogens is 3. The molecule has 25 heavy (non-hydrogen) atoms. The van der Waals surface area contributed by atoms with Crippen LogP contribution in [-0.2, 0) is 0 Å². The molecule has 124 valence electrons. The molecular weight excluding hydrogens is 334 g/mol. The Hall–Kier alpha value is -3.22. The molecule has 0 bridgehead atoms. The summed E-state index contributed by atoms with van der Waals surface area (Å²) in [6.45, 7) is 0. The number of H-pyrrole nitrogens is 1. The number of benzene rings is 2. The van der Waals surface area contributed by atoms with E-state index in [1.807, 2.05) is 0 Å². The normalized spacial score (nSPS) is 11.2. The van der Waals surface area contributed by atoms with E-state index < -0.39 is 23.3 Å². The lowest BCUT2D eigenvalue weighted by Crippen LogP contribution is -1.93. The Morgan fingerprint density at radius 3 is 2.48 bits per heavy atom. The first-order valence-corrected chi connectivity index (χ1v) is 7.28. The monoisotopic (exact) mass is 343 g/mol. The van der Waals surface area contributed by atoms with Crippen LogP contribution < -0.4 is 0 Å². The lowest BCUT2D eigenvalue weighted by atomic mass is 10.1. The van der Waals surface area contributed by atoms with Crippen LogP contribution >= 0.6 is 0 Å². The molecule has 2 aromatic carbocycles. The minimum Gasteiger partial charge on any atom is -0.358 e. The van der Waals surface area contributed by atoms with E-state index in [4.69, 9.17) is 0 Å². The Bertz CT molecular complexity index is 1100. The zero-order valence-corrected chi connectivity index (χ0v) is 12.5. The maximum absolute atomic E-state index is 13.8. The minimum absolute atomic E-state index is 0.137. The van der Waals surface area contributed by atoms with Gasteiger partial charge in [0.25, 0.3) is 0 Å². The number of rotatable bonds is 2. The standard InChI is InChI=1S/C18H9F4N3/c19-10-6-11-12(8-24-17(11)15(22)7-10)18-23-4-3-16(25-18)9-1-2-13(20)14(21)5-9/h1-8,24H. The molecule has 0 unspecified atom stereocenters. The summed E-state index contributed by atoms with van der Waals surface area (Å²) in [5.74, 6) is -3.19. The second-order valence-electron chi connectivity index (χ2n) is 5.41. The van der Waals surface area contributed by atoms with Gasteiger partial charge < -0.3 is 4.98 Å². The van der Waals surface area contributed by atoms with Crippen LogP contribution in [0, 0.1) is 23.3 Å². The van der Waals surface area contributed by atoms with E-state index in [-0.39, 0.29) is 11.3 Å². The average Bonchev–Trinajstić information content (AvgIpc) is 3.01. The summed E-state index contributed by atoms with van der Waals surface area (Å²) in [7, 11) is 0. The Balaban J connectivity index is 1.86. The van der Waals surface area contributed by atoms with Crippen LogP contribution in [0.3, 0.4) is 0 Å². The zero-order valence-electron chi connectivity index (χ0n) is 12.5. The number of nitrogens with zero attached hydrogens (tertiary/aromatic N) is 2. The third kappa shape index (κ3) is 2.63. The molecule has 0 aliphatic heterocycles. The Morgan fingerprint density at radius 1 is 0.840 bits per heavy atom. The zero-order chi connectivity index (χ0) is 17.6. The van der Waals surface area contributed by atoms with Crippen molar-refractivity contribution < 1.29 is 17.6 Å². The molecule has 0 saturated heterocycles. The van der Waals surface area contributed by atoms with Gasteiger partial charge in [-0.2, -0.15) is 0 Å². The van der Waals surface area contributed by atoms with E-state index in [0.29, 0.717) is 22.2 Å². The molecule has 0 aliphatic rings. The fourth-order valence-corrected chi connectivity index (χ4v) is 2.64. The van der Waals surface area contributed by atoms with E-state index in [2.05, 4.69) is 15.0 Å². The highest BCUT2D eigenvalue weighted by molar-refractivity contribution is 5.94. The SMILES string of the molecule is Fc1cc(F)c2[nH]cc(-c3nccc(-c4ccc(F)c(F)c4)n3)c2c1. The van der Waals surface area contributed by atoms with E-state index in [0.717, 1.165) is 18.2 Å².